The summed E-state index contributed by atoms with van der Waals surface area (Å²) in [7, 11) is 4.54. The Balaban J connectivity index is 1.61. The molecular formula is C27H21ClO8. The number of phenols is 1. The second-order valence-corrected chi connectivity index (χ2v) is 8.59. The molecule has 1 atom stereocenters. The lowest BCUT2D eigenvalue weighted by Gasteiger charge is -2.26. The summed E-state index contributed by atoms with van der Waals surface area (Å²) in [4.78, 5) is 25.7. The fraction of sp³-hybridized carbons (Fsp3) is 0.185. The molecule has 1 unspecified atom stereocenters. The minimum absolute atomic E-state index is 0.0185. The third-order valence-electron chi connectivity index (χ3n) is 6.18. The molecule has 36 heavy (non-hydrogen) atoms. The highest BCUT2D eigenvalue weighted by atomic mass is 35.5. The predicted molar refractivity (Wildman–Crippen MR) is 131 cm³/mol. The van der Waals surface area contributed by atoms with E-state index in [9.17, 15) is 14.7 Å². The average Bonchev–Trinajstić information content (AvgIpc) is 3.19. The standard InChI is InChI=1S/C27H21ClO8/c1-32-20-12-22(34-3)21(33-2)9-14(20)10-23-26(31)15-5-7-19-25(27(15)36-23)16(11-24(30)35-19)13-4-6-18(29)17(28)8-13/h4-10,12,16,29H,11H2,1-3H3/b23-10-. The number of carbonyl (C=O) groups is 2. The number of ketones is 1. The first-order chi connectivity index (χ1) is 17.3. The molecule has 2 aliphatic rings. The van der Waals surface area contributed by atoms with Crippen LogP contribution in [0.5, 0.6) is 34.5 Å². The Kier molecular flexibility index (Phi) is 5.97. The van der Waals surface area contributed by atoms with Crippen LogP contribution in [0.15, 0.2) is 48.2 Å². The number of ether oxygens (including phenoxy) is 5. The van der Waals surface area contributed by atoms with Gasteiger partial charge in [0.1, 0.15) is 23.0 Å². The van der Waals surface area contributed by atoms with Crippen molar-refractivity contribution in [2.24, 2.45) is 0 Å². The van der Waals surface area contributed by atoms with Crippen molar-refractivity contribution in [2.75, 3.05) is 21.3 Å². The number of Topliss-reactive ketones (excluding diaryl/α,β-unsaturated/α-hetero) is 1. The molecule has 2 aliphatic heterocycles. The zero-order chi connectivity index (χ0) is 25.6. The highest BCUT2D eigenvalue weighted by Crippen LogP contribution is 2.50. The van der Waals surface area contributed by atoms with Crippen LogP contribution in [0, 0.1) is 0 Å². The third-order valence-corrected chi connectivity index (χ3v) is 6.48. The topological polar surface area (TPSA) is 101 Å². The van der Waals surface area contributed by atoms with Gasteiger partial charge in [0.25, 0.3) is 0 Å². The second-order valence-electron chi connectivity index (χ2n) is 8.18. The number of methoxy groups -OCH3 is 3. The van der Waals surface area contributed by atoms with E-state index in [2.05, 4.69) is 0 Å². The molecule has 0 bridgehead atoms. The maximum Gasteiger partial charge on any atom is 0.312 e. The van der Waals surface area contributed by atoms with E-state index in [1.165, 1.54) is 27.4 Å². The quantitative estimate of drug-likeness (QED) is 0.287. The Morgan fingerprint density at radius 2 is 1.67 bits per heavy atom. The van der Waals surface area contributed by atoms with Crippen LogP contribution in [0.2, 0.25) is 5.02 Å². The molecule has 0 amide bonds. The largest absolute Gasteiger partial charge is 0.506 e. The molecular weight excluding hydrogens is 488 g/mol. The maximum absolute atomic E-state index is 13.3. The molecule has 0 fully saturated rings. The van der Waals surface area contributed by atoms with Crippen molar-refractivity contribution in [3.05, 3.63) is 75.5 Å². The van der Waals surface area contributed by atoms with Gasteiger partial charge < -0.3 is 28.8 Å². The van der Waals surface area contributed by atoms with Crippen molar-refractivity contribution in [3.63, 3.8) is 0 Å². The number of phenolic OH excluding ortho intramolecular Hbond substituents is 1. The Morgan fingerprint density at radius 1 is 0.944 bits per heavy atom. The molecule has 8 nitrogen and oxygen atoms in total. The van der Waals surface area contributed by atoms with Crippen molar-refractivity contribution in [3.8, 4) is 34.5 Å². The lowest BCUT2D eigenvalue weighted by Crippen LogP contribution is -2.21. The van der Waals surface area contributed by atoms with Crippen LogP contribution in [-0.2, 0) is 4.79 Å². The first-order valence-corrected chi connectivity index (χ1v) is 11.3. The van der Waals surface area contributed by atoms with Gasteiger partial charge in [-0.05, 0) is 42.0 Å². The molecule has 5 rings (SSSR count). The first kappa shape index (κ1) is 23.6. The van der Waals surface area contributed by atoms with Crippen LogP contribution in [0.1, 0.15) is 39.4 Å². The first-order valence-electron chi connectivity index (χ1n) is 10.9. The van der Waals surface area contributed by atoms with E-state index in [1.807, 2.05) is 0 Å². The van der Waals surface area contributed by atoms with Crippen LogP contribution < -0.4 is 23.7 Å². The summed E-state index contributed by atoms with van der Waals surface area (Å²) in [6, 6.07) is 11.2. The Morgan fingerprint density at radius 3 is 2.36 bits per heavy atom. The van der Waals surface area contributed by atoms with Crippen LogP contribution in [0.4, 0.5) is 0 Å². The Labute approximate surface area is 211 Å². The van der Waals surface area contributed by atoms with Gasteiger partial charge in [-0.25, -0.2) is 0 Å². The summed E-state index contributed by atoms with van der Waals surface area (Å²) in [5, 5.41) is 9.99. The summed E-state index contributed by atoms with van der Waals surface area (Å²) in [6.07, 6.45) is 1.58. The summed E-state index contributed by atoms with van der Waals surface area (Å²) >= 11 is 6.13. The van der Waals surface area contributed by atoms with Crippen molar-refractivity contribution < 1.29 is 38.4 Å². The average molecular weight is 509 g/mol. The van der Waals surface area contributed by atoms with Gasteiger partial charge in [0.15, 0.2) is 17.3 Å². The smallest absolute Gasteiger partial charge is 0.312 e. The molecule has 0 spiro atoms. The van der Waals surface area contributed by atoms with Crippen molar-refractivity contribution >= 4 is 29.4 Å². The van der Waals surface area contributed by atoms with E-state index >= 15 is 0 Å². The minimum Gasteiger partial charge on any atom is -0.506 e. The molecule has 0 saturated carbocycles. The Hall–Kier alpha value is -4.17. The molecule has 184 valence electrons. The van der Waals surface area contributed by atoms with Gasteiger partial charge in [-0.15, -0.1) is 0 Å². The lowest BCUT2D eigenvalue weighted by molar-refractivity contribution is -0.135. The van der Waals surface area contributed by atoms with E-state index in [-0.39, 0.29) is 28.7 Å². The second kappa shape index (κ2) is 9.13. The number of allylic oxidation sites excluding steroid dienone is 1. The number of rotatable bonds is 5. The molecule has 3 aromatic carbocycles. The van der Waals surface area contributed by atoms with E-state index in [4.69, 9.17) is 35.3 Å². The zero-order valence-electron chi connectivity index (χ0n) is 19.6. The van der Waals surface area contributed by atoms with E-state index in [0.29, 0.717) is 51.0 Å². The van der Waals surface area contributed by atoms with E-state index in [0.717, 1.165) is 0 Å². The summed E-state index contributed by atoms with van der Waals surface area (Å²) in [5.74, 6) is 0.766. The lowest BCUT2D eigenvalue weighted by atomic mass is 9.84. The van der Waals surface area contributed by atoms with E-state index < -0.39 is 11.9 Å². The number of fused-ring (bicyclic) bond motifs is 3. The monoisotopic (exact) mass is 508 g/mol. The molecule has 0 radical (unpaired) electrons. The number of hydrogen-bond donors (Lipinski definition) is 1. The number of benzene rings is 3. The van der Waals surface area contributed by atoms with Gasteiger partial charge in [-0.3, -0.25) is 9.59 Å². The van der Waals surface area contributed by atoms with Gasteiger partial charge >= 0.3 is 5.97 Å². The number of esters is 1. The zero-order valence-corrected chi connectivity index (χ0v) is 20.3. The third kappa shape index (κ3) is 3.89. The van der Waals surface area contributed by atoms with Gasteiger partial charge in [0, 0.05) is 23.1 Å². The molecule has 3 aromatic rings. The SMILES string of the molecule is COc1cc(OC)c(OC)cc1/C=C1\Oc2c(ccc3c2C(c2ccc(O)c(Cl)c2)CC(=O)O3)C1=O. The normalized spacial score (nSPS) is 17.2. The van der Waals surface area contributed by atoms with Gasteiger partial charge in [0.05, 0.1) is 38.3 Å². The van der Waals surface area contributed by atoms with Crippen LogP contribution in [-0.4, -0.2) is 38.2 Å². The van der Waals surface area contributed by atoms with E-state index in [1.54, 1.807) is 42.5 Å². The van der Waals surface area contributed by atoms with Crippen molar-refractivity contribution in [2.45, 2.75) is 12.3 Å². The summed E-state index contributed by atoms with van der Waals surface area (Å²) < 4.78 is 27.7. The van der Waals surface area contributed by atoms with Crippen LogP contribution in [0.25, 0.3) is 6.08 Å². The highest BCUT2D eigenvalue weighted by Gasteiger charge is 2.38. The van der Waals surface area contributed by atoms with Gasteiger partial charge in [-0.1, -0.05) is 17.7 Å². The molecule has 0 aromatic heterocycles. The molecule has 9 heteroatoms. The predicted octanol–water partition coefficient (Wildman–Crippen LogP) is 5.13. The number of aromatic hydroxyl groups is 1. The summed E-state index contributed by atoms with van der Waals surface area (Å²) in [5.41, 5.74) is 2.13. The van der Waals surface area contributed by atoms with Gasteiger partial charge in [-0.2, -0.15) is 0 Å². The highest BCUT2D eigenvalue weighted by molar-refractivity contribution is 6.32. The molecule has 0 saturated heterocycles. The number of halogens is 1. The number of hydrogen-bond acceptors (Lipinski definition) is 8. The number of carbonyl (C=O) groups excluding carboxylic acids is 2. The maximum atomic E-state index is 13.3. The summed E-state index contributed by atoms with van der Waals surface area (Å²) in [6.45, 7) is 0. The molecule has 1 N–H and O–H groups in total. The fourth-order valence-corrected chi connectivity index (χ4v) is 4.63. The molecule has 2 heterocycles. The van der Waals surface area contributed by atoms with Crippen LogP contribution >= 0.6 is 11.6 Å². The van der Waals surface area contributed by atoms with Gasteiger partial charge in [0.2, 0.25) is 5.78 Å². The fourth-order valence-electron chi connectivity index (χ4n) is 4.44. The van der Waals surface area contributed by atoms with Crippen LogP contribution in [0.3, 0.4) is 0 Å². The van der Waals surface area contributed by atoms with Crippen molar-refractivity contribution in [1.82, 2.24) is 0 Å². The van der Waals surface area contributed by atoms with Crippen molar-refractivity contribution in [1.29, 1.82) is 0 Å². The molecule has 0 aliphatic carbocycles. The Bertz CT molecular complexity index is 1440. The minimum atomic E-state index is -0.489.